The van der Waals surface area contributed by atoms with E-state index in [4.69, 9.17) is 16.9 Å². The predicted octanol–water partition coefficient (Wildman–Crippen LogP) is 2.37. The van der Waals surface area contributed by atoms with Gasteiger partial charge < -0.3 is 0 Å². The summed E-state index contributed by atoms with van der Waals surface area (Å²) >= 11 is 5.87. The number of aryl methyl sites for hydroxylation is 2. The highest BCUT2D eigenvalue weighted by atomic mass is 35.5. The zero-order valence-electron chi connectivity index (χ0n) is 9.94. The van der Waals surface area contributed by atoms with Gasteiger partial charge in [-0.2, -0.15) is 15.0 Å². The molecule has 0 N–H and O–H groups in total. The summed E-state index contributed by atoms with van der Waals surface area (Å²) in [5.41, 5.74) is 2.00. The van der Waals surface area contributed by atoms with Crippen LogP contribution in [0.4, 0.5) is 0 Å². The first-order valence-corrected chi connectivity index (χ1v) is 5.68. The Kier molecular flexibility index (Phi) is 3.17. The molecule has 1 heterocycles. The van der Waals surface area contributed by atoms with Crippen molar-refractivity contribution in [3.8, 4) is 11.8 Å². The van der Waals surface area contributed by atoms with Gasteiger partial charge >= 0.3 is 0 Å². The standard InChI is InChI=1S/C13H10ClN3O/c1-8-5-11(14)3-4-12(8)17-13(18)6-10(7-15)9(2)16-17/h3-6H,1-2H3. The lowest BCUT2D eigenvalue weighted by molar-refractivity contribution is 0.777. The largest absolute Gasteiger partial charge is 0.272 e. The van der Waals surface area contributed by atoms with Gasteiger partial charge in [0.15, 0.2) is 0 Å². The summed E-state index contributed by atoms with van der Waals surface area (Å²) in [6.07, 6.45) is 0. The fourth-order valence-corrected chi connectivity index (χ4v) is 1.91. The predicted molar refractivity (Wildman–Crippen MR) is 69.0 cm³/mol. The quantitative estimate of drug-likeness (QED) is 0.790. The minimum Gasteiger partial charge on any atom is -0.267 e. The van der Waals surface area contributed by atoms with E-state index in [1.54, 1.807) is 25.1 Å². The van der Waals surface area contributed by atoms with E-state index in [0.29, 0.717) is 22.0 Å². The summed E-state index contributed by atoms with van der Waals surface area (Å²) in [6.45, 7) is 3.54. The van der Waals surface area contributed by atoms with Gasteiger partial charge in [0.05, 0.1) is 16.9 Å². The van der Waals surface area contributed by atoms with Gasteiger partial charge in [-0.3, -0.25) is 4.79 Å². The van der Waals surface area contributed by atoms with Gasteiger partial charge in [0.2, 0.25) is 0 Å². The van der Waals surface area contributed by atoms with Crippen molar-refractivity contribution in [1.29, 1.82) is 5.26 Å². The van der Waals surface area contributed by atoms with Gasteiger partial charge in [-0.15, -0.1) is 0 Å². The maximum atomic E-state index is 11.9. The maximum absolute atomic E-state index is 11.9. The zero-order chi connectivity index (χ0) is 13.3. The molecule has 1 aromatic heterocycles. The Balaban J connectivity index is 2.69. The molecule has 5 heteroatoms. The number of nitriles is 1. The fraction of sp³-hybridized carbons (Fsp3) is 0.154. The van der Waals surface area contributed by atoms with Gasteiger partial charge in [0.25, 0.3) is 5.56 Å². The van der Waals surface area contributed by atoms with Gasteiger partial charge in [-0.1, -0.05) is 11.6 Å². The third-order valence-electron chi connectivity index (χ3n) is 2.62. The Bertz CT molecular complexity index is 713. The van der Waals surface area contributed by atoms with Crippen molar-refractivity contribution in [2.75, 3.05) is 0 Å². The van der Waals surface area contributed by atoms with Crippen LogP contribution >= 0.6 is 11.6 Å². The third-order valence-corrected chi connectivity index (χ3v) is 2.86. The monoisotopic (exact) mass is 259 g/mol. The highest BCUT2D eigenvalue weighted by Crippen LogP contribution is 2.17. The van der Waals surface area contributed by atoms with Crippen LogP contribution < -0.4 is 5.56 Å². The SMILES string of the molecule is Cc1cc(Cl)ccc1-n1nc(C)c(C#N)cc1=O. The average molecular weight is 260 g/mol. The first-order valence-electron chi connectivity index (χ1n) is 5.30. The van der Waals surface area contributed by atoms with Crippen molar-refractivity contribution in [2.24, 2.45) is 0 Å². The average Bonchev–Trinajstić information content (AvgIpc) is 2.32. The van der Waals surface area contributed by atoms with Crippen LogP contribution in [0.1, 0.15) is 16.8 Å². The molecule has 0 aliphatic heterocycles. The Labute approximate surface area is 109 Å². The van der Waals surface area contributed by atoms with Gasteiger partial charge in [0, 0.05) is 11.1 Å². The molecule has 0 spiro atoms. The second kappa shape index (κ2) is 4.63. The van der Waals surface area contributed by atoms with Crippen molar-refractivity contribution in [3.05, 3.63) is 56.5 Å². The fourth-order valence-electron chi connectivity index (χ4n) is 1.68. The second-order valence-electron chi connectivity index (χ2n) is 3.94. The van der Waals surface area contributed by atoms with Gasteiger partial charge in [-0.25, -0.2) is 0 Å². The first-order chi connectivity index (χ1) is 8.52. The molecule has 0 aliphatic rings. The van der Waals surface area contributed by atoms with Crippen molar-refractivity contribution in [1.82, 2.24) is 9.78 Å². The van der Waals surface area contributed by atoms with Crippen LogP contribution in [-0.4, -0.2) is 9.78 Å². The Morgan fingerprint density at radius 3 is 2.67 bits per heavy atom. The lowest BCUT2D eigenvalue weighted by Crippen LogP contribution is -2.22. The Morgan fingerprint density at radius 2 is 2.06 bits per heavy atom. The van der Waals surface area contributed by atoms with E-state index in [0.717, 1.165) is 5.56 Å². The van der Waals surface area contributed by atoms with E-state index >= 15 is 0 Å². The summed E-state index contributed by atoms with van der Waals surface area (Å²) in [5.74, 6) is 0. The molecule has 2 rings (SSSR count). The molecule has 0 atom stereocenters. The van der Waals surface area contributed by atoms with E-state index in [2.05, 4.69) is 5.10 Å². The number of halogens is 1. The maximum Gasteiger partial charge on any atom is 0.272 e. The molecule has 0 fully saturated rings. The molecule has 4 nitrogen and oxygen atoms in total. The number of hydrogen-bond acceptors (Lipinski definition) is 3. The second-order valence-corrected chi connectivity index (χ2v) is 4.37. The van der Waals surface area contributed by atoms with E-state index in [1.165, 1.54) is 10.7 Å². The van der Waals surface area contributed by atoms with Crippen molar-refractivity contribution in [3.63, 3.8) is 0 Å². The van der Waals surface area contributed by atoms with E-state index < -0.39 is 0 Å². The molecular weight excluding hydrogens is 250 g/mol. The highest BCUT2D eigenvalue weighted by molar-refractivity contribution is 6.30. The summed E-state index contributed by atoms with van der Waals surface area (Å²) in [6, 6.07) is 8.43. The minimum atomic E-state index is -0.331. The van der Waals surface area contributed by atoms with Crippen LogP contribution in [-0.2, 0) is 0 Å². The summed E-state index contributed by atoms with van der Waals surface area (Å²) in [5, 5.41) is 13.6. The van der Waals surface area contributed by atoms with Crippen LogP contribution in [0.25, 0.3) is 5.69 Å². The van der Waals surface area contributed by atoms with E-state index in [1.807, 2.05) is 13.0 Å². The van der Waals surface area contributed by atoms with Crippen LogP contribution in [0.15, 0.2) is 29.1 Å². The molecule has 1 aromatic carbocycles. The molecule has 0 amide bonds. The molecule has 0 saturated heterocycles. The molecule has 0 aliphatic carbocycles. The molecular formula is C13H10ClN3O. The Morgan fingerprint density at radius 1 is 1.33 bits per heavy atom. The molecule has 0 unspecified atom stereocenters. The van der Waals surface area contributed by atoms with Crippen LogP contribution in [0.3, 0.4) is 0 Å². The number of benzene rings is 1. The Hall–Kier alpha value is -2.12. The van der Waals surface area contributed by atoms with Gasteiger partial charge in [0.1, 0.15) is 6.07 Å². The van der Waals surface area contributed by atoms with E-state index in [9.17, 15) is 4.79 Å². The van der Waals surface area contributed by atoms with Crippen molar-refractivity contribution >= 4 is 11.6 Å². The summed E-state index contributed by atoms with van der Waals surface area (Å²) in [7, 11) is 0. The topological polar surface area (TPSA) is 58.7 Å². The molecule has 0 bridgehead atoms. The van der Waals surface area contributed by atoms with Gasteiger partial charge in [-0.05, 0) is 37.6 Å². The van der Waals surface area contributed by atoms with E-state index in [-0.39, 0.29) is 5.56 Å². The summed E-state index contributed by atoms with van der Waals surface area (Å²) < 4.78 is 1.28. The third kappa shape index (κ3) is 2.13. The first kappa shape index (κ1) is 12.3. The van der Waals surface area contributed by atoms with Crippen molar-refractivity contribution < 1.29 is 0 Å². The number of hydrogen-bond donors (Lipinski definition) is 0. The normalized spacial score (nSPS) is 10.1. The zero-order valence-corrected chi connectivity index (χ0v) is 10.7. The van der Waals surface area contributed by atoms with Crippen LogP contribution in [0.2, 0.25) is 5.02 Å². The molecule has 0 saturated carbocycles. The van der Waals surface area contributed by atoms with Crippen LogP contribution in [0.5, 0.6) is 0 Å². The molecule has 90 valence electrons. The van der Waals surface area contributed by atoms with Crippen molar-refractivity contribution in [2.45, 2.75) is 13.8 Å². The lowest BCUT2D eigenvalue weighted by Gasteiger charge is -2.09. The highest BCUT2D eigenvalue weighted by Gasteiger charge is 2.08. The minimum absolute atomic E-state index is 0.294. The number of aromatic nitrogens is 2. The number of rotatable bonds is 1. The smallest absolute Gasteiger partial charge is 0.267 e. The molecule has 18 heavy (non-hydrogen) atoms. The molecule has 2 aromatic rings. The van der Waals surface area contributed by atoms with Crippen LogP contribution in [0, 0.1) is 25.2 Å². The number of nitrogens with zero attached hydrogens (tertiary/aromatic N) is 3. The lowest BCUT2D eigenvalue weighted by atomic mass is 10.2. The summed E-state index contributed by atoms with van der Waals surface area (Å²) in [4.78, 5) is 11.9. The molecule has 0 radical (unpaired) electrons.